The first-order valence-corrected chi connectivity index (χ1v) is 12.3. The van der Waals surface area contributed by atoms with E-state index in [1.165, 1.54) is 0 Å². The topological polar surface area (TPSA) is 94.1 Å². The Bertz CT molecular complexity index is 734. The molecule has 0 saturated carbocycles. The number of hydrogen-bond donors (Lipinski definition) is 2. The van der Waals surface area contributed by atoms with Gasteiger partial charge in [-0.25, -0.2) is 0 Å². The number of aryl methyl sites for hydroxylation is 1. The summed E-state index contributed by atoms with van der Waals surface area (Å²) in [6.07, 6.45) is 4.87. The Morgan fingerprint density at radius 1 is 1.12 bits per heavy atom. The summed E-state index contributed by atoms with van der Waals surface area (Å²) < 4.78 is 16.3. The average molecular weight is 480 g/mol. The number of hydrogen-bond acceptors (Lipinski definition) is 6. The number of carbonyl (C=O) groups excluding carboxylic acids is 2. The number of aliphatic hydroxyl groups is 1. The van der Waals surface area contributed by atoms with Crippen LogP contribution in [-0.2, 0) is 20.7 Å². The summed E-state index contributed by atoms with van der Waals surface area (Å²) in [6.45, 7) is 9.07. The molecule has 1 amide bonds. The van der Waals surface area contributed by atoms with Gasteiger partial charge >= 0.3 is 0 Å². The monoisotopic (exact) mass is 479 g/mol. The van der Waals surface area contributed by atoms with Crippen molar-refractivity contribution in [3.63, 3.8) is 0 Å². The maximum absolute atomic E-state index is 12.6. The fraction of sp³-hybridized carbons (Fsp3) is 0.704. The first kappa shape index (κ1) is 29.9. The molecule has 7 heteroatoms. The Morgan fingerprint density at radius 2 is 1.85 bits per heavy atom. The van der Waals surface area contributed by atoms with E-state index in [9.17, 15) is 14.7 Å². The molecule has 0 aromatic heterocycles. The van der Waals surface area contributed by atoms with Crippen LogP contribution < -0.4 is 14.8 Å². The highest BCUT2D eigenvalue weighted by molar-refractivity contribution is 5.79. The Morgan fingerprint density at radius 3 is 2.47 bits per heavy atom. The fourth-order valence-electron chi connectivity index (χ4n) is 3.66. The van der Waals surface area contributed by atoms with Crippen LogP contribution in [-0.4, -0.2) is 57.4 Å². The predicted octanol–water partition coefficient (Wildman–Crippen LogP) is 4.19. The van der Waals surface area contributed by atoms with E-state index >= 15 is 0 Å². The van der Waals surface area contributed by atoms with Crippen molar-refractivity contribution in [2.45, 2.75) is 72.3 Å². The number of amides is 1. The van der Waals surface area contributed by atoms with Gasteiger partial charge in [0.2, 0.25) is 5.91 Å². The SMILES string of the molecule is COCCCOc1cc(CCCCC(O)CC(C(=O)NCC(C)(C)C=O)C(C)C)ccc1OC. The minimum absolute atomic E-state index is 0.0970. The third-order valence-electron chi connectivity index (χ3n) is 5.94. The van der Waals surface area contributed by atoms with Gasteiger partial charge < -0.3 is 29.4 Å². The molecule has 7 nitrogen and oxygen atoms in total. The van der Waals surface area contributed by atoms with Crippen LogP contribution in [0, 0.1) is 17.3 Å². The molecule has 1 aromatic rings. The number of unbranched alkanes of at least 4 members (excludes halogenated alkanes) is 1. The second-order valence-electron chi connectivity index (χ2n) is 9.99. The van der Waals surface area contributed by atoms with E-state index in [1.807, 2.05) is 32.0 Å². The lowest BCUT2D eigenvalue weighted by atomic mass is 9.87. The zero-order valence-electron chi connectivity index (χ0n) is 21.9. The molecule has 0 aliphatic carbocycles. The molecule has 194 valence electrons. The summed E-state index contributed by atoms with van der Waals surface area (Å²) in [7, 11) is 3.30. The molecular formula is C27H45NO6. The molecule has 2 atom stereocenters. The molecule has 0 heterocycles. The van der Waals surface area contributed by atoms with Gasteiger partial charge in [-0.3, -0.25) is 4.79 Å². The lowest BCUT2D eigenvalue weighted by Crippen LogP contribution is -2.40. The number of rotatable bonds is 18. The molecule has 0 aliphatic heterocycles. The molecule has 0 aliphatic rings. The van der Waals surface area contributed by atoms with Gasteiger partial charge in [-0.2, -0.15) is 0 Å². The van der Waals surface area contributed by atoms with Crippen LogP contribution in [0.1, 0.15) is 65.4 Å². The van der Waals surface area contributed by atoms with Crippen LogP contribution in [0.4, 0.5) is 0 Å². The van der Waals surface area contributed by atoms with Crippen LogP contribution in [0.3, 0.4) is 0 Å². The van der Waals surface area contributed by atoms with Crippen LogP contribution in [0.25, 0.3) is 0 Å². The summed E-state index contributed by atoms with van der Waals surface area (Å²) in [4.78, 5) is 23.7. The van der Waals surface area contributed by atoms with Gasteiger partial charge in [0.15, 0.2) is 11.5 Å². The summed E-state index contributed by atoms with van der Waals surface area (Å²) in [5, 5.41) is 13.4. The van der Waals surface area contributed by atoms with Gasteiger partial charge in [-0.05, 0) is 49.3 Å². The minimum atomic E-state index is -0.591. The van der Waals surface area contributed by atoms with Crippen molar-refractivity contribution in [3.05, 3.63) is 23.8 Å². The van der Waals surface area contributed by atoms with E-state index in [1.54, 1.807) is 28.1 Å². The van der Waals surface area contributed by atoms with Crippen LogP contribution >= 0.6 is 0 Å². The Kier molecular flexibility index (Phi) is 13.8. The quantitative estimate of drug-likeness (QED) is 0.242. The van der Waals surface area contributed by atoms with Crippen LogP contribution in [0.5, 0.6) is 11.5 Å². The van der Waals surface area contributed by atoms with E-state index in [0.29, 0.717) is 38.3 Å². The number of aliphatic hydroxyl groups excluding tert-OH is 1. The van der Waals surface area contributed by atoms with E-state index in [-0.39, 0.29) is 17.7 Å². The van der Waals surface area contributed by atoms with Gasteiger partial charge in [0, 0.05) is 38.0 Å². The number of nitrogens with one attached hydrogen (secondary N) is 1. The molecule has 2 unspecified atom stereocenters. The van der Waals surface area contributed by atoms with E-state index in [2.05, 4.69) is 5.32 Å². The molecule has 0 bridgehead atoms. The number of ether oxygens (including phenoxy) is 3. The van der Waals surface area contributed by atoms with Gasteiger partial charge in [-0.1, -0.05) is 40.2 Å². The predicted molar refractivity (Wildman–Crippen MR) is 134 cm³/mol. The fourth-order valence-corrected chi connectivity index (χ4v) is 3.66. The van der Waals surface area contributed by atoms with E-state index in [4.69, 9.17) is 14.2 Å². The maximum atomic E-state index is 12.6. The molecule has 0 fully saturated rings. The Balaban J connectivity index is 2.49. The third kappa shape index (κ3) is 11.3. The van der Waals surface area contributed by atoms with Crippen LogP contribution in [0.2, 0.25) is 0 Å². The second-order valence-corrected chi connectivity index (χ2v) is 9.99. The molecule has 0 saturated heterocycles. The van der Waals surface area contributed by atoms with Crippen LogP contribution in [0.15, 0.2) is 18.2 Å². The largest absolute Gasteiger partial charge is 0.493 e. The zero-order valence-corrected chi connectivity index (χ0v) is 21.9. The molecule has 34 heavy (non-hydrogen) atoms. The summed E-state index contributed by atoms with van der Waals surface area (Å²) >= 11 is 0. The van der Waals surface area contributed by atoms with Crippen molar-refractivity contribution in [2.75, 3.05) is 34.0 Å². The molecule has 0 spiro atoms. The van der Waals surface area contributed by atoms with Gasteiger partial charge in [-0.15, -0.1) is 0 Å². The molecule has 2 N–H and O–H groups in total. The average Bonchev–Trinajstić information content (AvgIpc) is 2.81. The second kappa shape index (κ2) is 15.7. The maximum Gasteiger partial charge on any atom is 0.223 e. The van der Waals surface area contributed by atoms with Crippen molar-refractivity contribution >= 4 is 12.2 Å². The van der Waals surface area contributed by atoms with E-state index in [0.717, 1.165) is 43.3 Å². The van der Waals surface area contributed by atoms with Crippen molar-refractivity contribution in [1.82, 2.24) is 5.32 Å². The lowest BCUT2D eigenvalue weighted by Gasteiger charge is -2.25. The Labute approximate surface area is 205 Å². The first-order valence-electron chi connectivity index (χ1n) is 12.3. The van der Waals surface area contributed by atoms with Crippen molar-refractivity contribution in [1.29, 1.82) is 0 Å². The van der Waals surface area contributed by atoms with E-state index < -0.39 is 11.5 Å². The number of methoxy groups -OCH3 is 2. The number of benzene rings is 1. The minimum Gasteiger partial charge on any atom is -0.493 e. The lowest BCUT2D eigenvalue weighted by molar-refractivity contribution is -0.128. The van der Waals surface area contributed by atoms with Gasteiger partial charge in [0.25, 0.3) is 0 Å². The molecule has 0 radical (unpaired) electrons. The highest BCUT2D eigenvalue weighted by atomic mass is 16.5. The number of aldehydes is 1. The molecule has 1 rings (SSSR count). The van der Waals surface area contributed by atoms with Crippen molar-refractivity contribution < 1.29 is 28.9 Å². The third-order valence-corrected chi connectivity index (χ3v) is 5.94. The van der Waals surface area contributed by atoms with Gasteiger partial charge in [0.05, 0.1) is 19.8 Å². The van der Waals surface area contributed by atoms with Crippen molar-refractivity contribution in [2.24, 2.45) is 17.3 Å². The molecule has 1 aromatic carbocycles. The number of carbonyl (C=O) groups is 2. The highest BCUT2D eigenvalue weighted by Crippen LogP contribution is 2.29. The summed E-state index contributed by atoms with van der Waals surface area (Å²) in [5.74, 6) is 1.18. The van der Waals surface area contributed by atoms with Crippen molar-refractivity contribution in [3.8, 4) is 11.5 Å². The highest BCUT2D eigenvalue weighted by Gasteiger charge is 2.27. The standard InChI is InChI=1S/C27H45NO6/c1-20(2)23(26(31)28-18-27(3,4)19-29)17-22(30)11-8-7-10-21-12-13-24(33-6)25(16-21)34-15-9-14-32-5/h12-13,16,19-20,22-23,30H,7-11,14-15,17-18H2,1-6H3,(H,28,31). The molecular weight excluding hydrogens is 434 g/mol. The Hall–Kier alpha value is -2.12. The zero-order chi connectivity index (χ0) is 25.6. The summed E-state index contributed by atoms with van der Waals surface area (Å²) in [5.41, 5.74) is 0.570. The first-order chi connectivity index (χ1) is 16.1. The summed E-state index contributed by atoms with van der Waals surface area (Å²) in [6, 6.07) is 5.98. The normalized spacial score (nSPS) is 13.4. The smallest absolute Gasteiger partial charge is 0.223 e. The van der Waals surface area contributed by atoms with Gasteiger partial charge in [0.1, 0.15) is 6.29 Å².